The van der Waals surface area contributed by atoms with Gasteiger partial charge in [0.1, 0.15) is 5.82 Å². The van der Waals surface area contributed by atoms with Crippen LogP contribution in [0.2, 0.25) is 0 Å². The Bertz CT molecular complexity index is 579. The molecule has 4 nitrogen and oxygen atoms in total. The molecule has 0 unspecified atom stereocenters. The van der Waals surface area contributed by atoms with E-state index in [1.165, 1.54) is 5.56 Å². The van der Waals surface area contributed by atoms with Crippen molar-refractivity contribution < 1.29 is 4.79 Å². The van der Waals surface area contributed by atoms with Crippen molar-refractivity contribution in [3.8, 4) is 0 Å². The number of benzene rings is 1. The van der Waals surface area contributed by atoms with Gasteiger partial charge in [0, 0.05) is 19.4 Å². The first-order valence-electron chi connectivity index (χ1n) is 5.81. The van der Waals surface area contributed by atoms with E-state index in [0.29, 0.717) is 12.2 Å². The first-order valence-corrected chi connectivity index (χ1v) is 6.63. The van der Waals surface area contributed by atoms with Gasteiger partial charge in [0.2, 0.25) is 5.91 Å². The van der Waals surface area contributed by atoms with Gasteiger partial charge in [-0.15, -0.1) is 0 Å². The molecule has 1 aliphatic rings. The standard InChI is InChI=1S/C13H13N3OS/c1-14-13-16-12-11(18-13)9(7-10(17)15-12)8-5-3-2-4-6-8/h2-6,9H,7H2,1H3,(H,14,16)(H,15,17)/t9-/m0/s1. The highest BCUT2D eigenvalue weighted by Gasteiger charge is 2.29. The smallest absolute Gasteiger partial charge is 0.226 e. The van der Waals surface area contributed by atoms with Crippen LogP contribution in [0.3, 0.4) is 0 Å². The topological polar surface area (TPSA) is 54.0 Å². The van der Waals surface area contributed by atoms with E-state index in [1.807, 2.05) is 25.2 Å². The lowest BCUT2D eigenvalue weighted by Crippen LogP contribution is -2.22. The number of nitrogens with one attached hydrogen (secondary N) is 2. The molecule has 0 fully saturated rings. The van der Waals surface area contributed by atoms with E-state index in [0.717, 1.165) is 10.0 Å². The van der Waals surface area contributed by atoms with Crippen LogP contribution in [-0.2, 0) is 4.79 Å². The van der Waals surface area contributed by atoms with Crippen LogP contribution in [0.1, 0.15) is 22.8 Å². The number of carbonyl (C=O) groups excluding carboxylic acids is 1. The maximum absolute atomic E-state index is 11.7. The van der Waals surface area contributed by atoms with E-state index in [4.69, 9.17) is 0 Å². The fourth-order valence-electron chi connectivity index (χ4n) is 2.18. The third-order valence-corrected chi connectivity index (χ3v) is 4.22. The van der Waals surface area contributed by atoms with Gasteiger partial charge < -0.3 is 10.6 Å². The number of fused-ring (bicyclic) bond motifs is 1. The molecule has 3 rings (SSSR count). The normalized spacial score (nSPS) is 18.1. The average molecular weight is 259 g/mol. The highest BCUT2D eigenvalue weighted by molar-refractivity contribution is 7.16. The summed E-state index contributed by atoms with van der Waals surface area (Å²) in [4.78, 5) is 17.2. The van der Waals surface area contributed by atoms with Crippen LogP contribution in [0.15, 0.2) is 30.3 Å². The Balaban J connectivity index is 2.07. The molecule has 1 atom stereocenters. The molecular formula is C13H13N3OS. The predicted molar refractivity (Wildman–Crippen MR) is 73.2 cm³/mol. The van der Waals surface area contributed by atoms with Gasteiger partial charge in [0.25, 0.3) is 0 Å². The zero-order chi connectivity index (χ0) is 12.5. The molecule has 18 heavy (non-hydrogen) atoms. The summed E-state index contributed by atoms with van der Waals surface area (Å²) < 4.78 is 0. The van der Waals surface area contributed by atoms with E-state index < -0.39 is 0 Å². The molecule has 0 spiro atoms. The monoisotopic (exact) mass is 259 g/mol. The van der Waals surface area contributed by atoms with Crippen molar-refractivity contribution in [2.45, 2.75) is 12.3 Å². The minimum absolute atomic E-state index is 0.0318. The third-order valence-electron chi connectivity index (χ3n) is 3.03. The molecule has 0 aliphatic carbocycles. The summed E-state index contributed by atoms with van der Waals surface area (Å²) >= 11 is 1.60. The number of amides is 1. The zero-order valence-corrected chi connectivity index (χ0v) is 10.8. The molecule has 1 aromatic carbocycles. The van der Waals surface area contributed by atoms with Gasteiger partial charge in [-0.25, -0.2) is 4.98 Å². The summed E-state index contributed by atoms with van der Waals surface area (Å²) in [5.74, 6) is 0.855. The zero-order valence-electron chi connectivity index (χ0n) is 9.93. The predicted octanol–water partition coefficient (Wildman–Crippen LogP) is 2.66. The minimum Gasteiger partial charge on any atom is -0.365 e. The number of aromatic nitrogens is 1. The van der Waals surface area contributed by atoms with Gasteiger partial charge in [-0.3, -0.25) is 4.79 Å². The Morgan fingerprint density at radius 3 is 2.89 bits per heavy atom. The molecule has 1 amide bonds. The van der Waals surface area contributed by atoms with Crippen molar-refractivity contribution in [1.29, 1.82) is 0 Å². The SMILES string of the molecule is CNc1nc2c(s1)[C@H](c1ccccc1)CC(=O)N2. The Morgan fingerprint density at radius 2 is 2.17 bits per heavy atom. The number of anilines is 2. The molecular weight excluding hydrogens is 246 g/mol. The van der Waals surface area contributed by atoms with E-state index >= 15 is 0 Å². The molecule has 0 saturated heterocycles. The molecule has 5 heteroatoms. The molecule has 2 aromatic rings. The van der Waals surface area contributed by atoms with Gasteiger partial charge in [0.15, 0.2) is 5.13 Å². The van der Waals surface area contributed by atoms with Crippen LogP contribution < -0.4 is 10.6 Å². The maximum atomic E-state index is 11.7. The quantitative estimate of drug-likeness (QED) is 0.871. The molecule has 0 saturated carbocycles. The van der Waals surface area contributed by atoms with Gasteiger partial charge >= 0.3 is 0 Å². The minimum atomic E-state index is 0.0318. The van der Waals surface area contributed by atoms with Crippen LogP contribution >= 0.6 is 11.3 Å². The fraction of sp³-hybridized carbons (Fsp3) is 0.231. The Kier molecular flexibility index (Phi) is 2.76. The highest BCUT2D eigenvalue weighted by Crippen LogP contribution is 2.41. The maximum Gasteiger partial charge on any atom is 0.226 e. The average Bonchev–Trinajstić information content (AvgIpc) is 2.81. The van der Waals surface area contributed by atoms with Crippen LogP contribution in [0.5, 0.6) is 0 Å². The Morgan fingerprint density at radius 1 is 1.39 bits per heavy atom. The summed E-state index contributed by atoms with van der Waals surface area (Å²) in [5, 5.41) is 6.70. The van der Waals surface area contributed by atoms with Crippen LogP contribution in [0.25, 0.3) is 0 Å². The molecule has 0 bridgehead atoms. The van der Waals surface area contributed by atoms with Crippen LogP contribution in [0, 0.1) is 0 Å². The highest BCUT2D eigenvalue weighted by atomic mass is 32.1. The first-order chi connectivity index (χ1) is 8.78. The summed E-state index contributed by atoms with van der Waals surface area (Å²) in [6.45, 7) is 0. The first kappa shape index (κ1) is 11.2. The molecule has 1 aliphatic heterocycles. The molecule has 2 heterocycles. The number of hydrogen-bond acceptors (Lipinski definition) is 4. The largest absolute Gasteiger partial charge is 0.365 e. The number of rotatable bonds is 2. The van der Waals surface area contributed by atoms with Crippen molar-refractivity contribution in [2.24, 2.45) is 0 Å². The van der Waals surface area contributed by atoms with Crippen LogP contribution in [0.4, 0.5) is 10.9 Å². The molecule has 1 aromatic heterocycles. The molecule has 2 N–H and O–H groups in total. The van der Waals surface area contributed by atoms with Gasteiger partial charge in [-0.2, -0.15) is 0 Å². The van der Waals surface area contributed by atoms with Crippen molar-refractivity contribution in [3.05, 3.63) is 40.8 Å². The fourth-order valence-corrected chi connectivity index (χ4v) is 3.18. The van der Waals surface area contributed by atoms with Crippen molar-refractivity contribution in [3.63, 3.8) is 0 Å². The second kappa shape index (κ2) is 4.42. The van der Waals surface area contributed by atoms with Crippen molar-refractivity contribution in [1.82, 2.24) is 4.98 Å². The third kappa shape index (κ3) is 1.86. The van der Waals surface area contributed by atoms with E-state index in [2.05, 4.69) is 27.8 Å². The summed E-state index contributed by atoms with van der Waals surface area (Å²) in [7, 11) is 1.84. The number of nitrogens with zero attached hydrogens (tertiary/aromatic N) is 1. The summed E-state index contributed by atoms with van der Waals surface area (Å²) in [6.07, 6.45) is 0.488. The Labute approximate surface area is 109 Å². The molecule has 92 valence electrons. The van der Waals surface area contributed by atoms with Gasteiger partial charge in [-0.05, 0) is 5.56 Å². The lowest BCUT2D eigenvalue weighted by Gasteiger charge is -2.21. The van der Waals surface area contributed by atoms with E-state index in [-0.39, 0.29) is 11.8 Å². The second-order valence-corrected chi connectivity index (χ2v) is 5.23. The molecule has 0 radical (unpaired) electrons. The van der Waals surface area contributed by atoms with E-state index in [9.17, 15) is 4.79 Å². The lowest BCUT2D eigenvalue weighted by atomic mass is 9.92. The summed E-state index contributed by atoms with van der Waals surface area (Å²) in [5.41, 5.74) is 1.17. The van der Waals surface area contributed by atoms with Crippen LogP contribution in [-0.4, -0.2) is 17.9 Å². The second-order valence-electron chi connectivity index (χ2n) is 4.20. The van der Waals surface area contributed by atoms with Crippen molar-refractivity contribution >= 4 is 28.2 Å². The van der Waals surface area contributed by atoms with Gasteiger partial charge in [-0.1, -0.05) is 41.7 Å². The van der Waals surface area contributed by atoms with Gasteiger partial charge in [0.05, 0.1) is 4.88 Å². The lowest BCUT2D eigenvalue weighted by molar-refractivity contribution is -0.116. The number of hydrogen-bond donors (Lipinski definition) is 2. The number of thiazole rings is 1. The van der Waals surface area contributed by atoms with Crippen molar-refractivity contribution in [2.75, 3.05) is 17.7 Å². The van der Waals surface area contributed by atoms with E-state index in [1.54, 1.807) is 11.3 Å². The Hall–Kier alpha value is -1.88. The summed E-state index contributed by atoms with van der Waals surface area (Å²) in [6, 6.07) is 10.1. The number of carbonyl (C=O) groups is 1.